The third-order valence-corrected chi connectivity index (χ3v) is 3.65. The first kappa shape index (κ1) is 9.71. The molecule has 0 unspecified atom stereocenters. The minimum atomic E-state index is 0.844. The zero-order valence-electron chi connectivity index (χ0n) is 8.13. The Bertz CT molecular complexity index is 506. The summed E-state index contributed by atoms with van der Waals surface area (Å²) < 4.78 is 1.06. The summed E-state index contributed by atoms with van der Waals surface area (Å²) in [5.74, 6) is 0. The Morgan fingerprint density at radius 2 is 2.00 bits per heavy atom. The zero-order valence-corrected chi connectivity index (χ0v) is 10.3. The number of pyridine rings is 1. The van der Waals surface area contributed by atoms with Gasteiger partial charge in [-0.3, -0.25) is 4.98 Å². The van der Waals surface area contributed by atoms with Gasteiger partial charge in [-0.25, -0.2) is 0 Å². The van der Waals surface area contributed by atoms with Gasteiger partial charge in [0.2, 0.25) is 0 Å². The number of benzene rings is 1. The van der Waals surface area contributed by atoms with E-state index in [1.54, 1.807) is 0 Å². The van der Waals surface area contributed by atoms with Gasteiger partial charge in [0.1, 0.15) is 0 Å². The first-order chi connectivity index (χ1) is 6.59. The van der Waals surface area contributed by atoms with Gasteiger partial charge in [0, 0.05) is 5.39 Å². The fraction of sp³-hybridized carbons (Fsp3) is 0.182. The van der Waals surface area contributed by atoms with E-state index >= 15 is 0 Å². The number of hydrogen-bond donors (Lipinski definition) is 1. The first-order valence-corrected chi connectivity index (χ1v) is 5.49. The minimum Gasteiger partial charge on any atom is -0.397 e. The van der Waals surface area contributed by atoms with Crippen molar-refractivity contribution in [2.24, 2.45) is 0 Å². The van der Waals surface area contributed by atoms with Gasteiger partial charge in [-0.05, 0) is 48.6 Å². The van der Waals surface area contributed by atoms with Crippen molar-refractivity contribution in [3.8, 4) is 0 Å². The molecule has 72 valence electrons. The van der Waals surface area contributed by atoms with Gasteiger partial charge in [-0.15, -0.1) is 0 Å². The molecule has 0 saturated carbocycles. The molecule has 14 heavy (non-hydrogen) atoms. The Morgan fingerprint density at radius 1 is 1.29 bits per heavy atom. The van der Waals surface area contributed by atoms with Crippen molar-refractivity contribution in [3.63, 3.8) is 0 Å². The molecule has 0 aliphatic rings. The molecular formula is C11H11IN2. The lowest BCUT2D eigenvalue weighted by Gasteiger charge is -2.07. The van der Waals surface area contributed by atoms with Crippen molar-refractivity contribution >= 4 is 39.2 Å². The number of nitrogens with two attached hydrogens (primary N) is 1. The van der Waals surface area contributed by atoms with E-state index < -0.39 is 0 Å². The standard InChI is InChI=1S/C11H11IN2/c1-6-3-4-9-8(5-6)11(13)10(12)7(2)14-9/h3-5H,1-2H3,(H2,13,14). The van der Waals surface area contributed by atoms with Gasteiger partial charge in [-0.1, -0.05) is 11.6 Å². The fourth-order valence-corrected chi connectivity index (χ4v) is 1.92. The van der Waals surface area contributed by atoms with Crippen LogP contribution in [0.1, 0.15) is 11.3 Å². The van der Waals surface area contributed by atoms with Gasteiger partial charge in [0.15, 0.2) is 0 Å². The Morgan fingerprint density at radius 3 is 2.71 bits per heavy atom. The average molecular weight is 298 g/mol. The lowest BCUT2D eigenvalue weighted by Crippen LogP contribution is -1.97. The molecule has 0 aliphatic heterocycles. The van der Waals surface area contributed by atoms with Gasteiger partial charge in [0.05, 0.1) is 20.5 Å². The molecule has 0 fully saturated rings. The summed E-state index contributed by atoms with van der Waals surface area (Å²) in [7, 11) is 0. The molecule has 1 aromatic heterocycles. The van der Waals surface area contributed by atoms with E-state index in [9.17, 15) is 0 Å². The largest absolute Gasteiger partial charge is 0.397 e. The van der Waals surface area contributed by atoms with E-state index in [4.69, 9.17) is 5.73 Å². The van der Waals surface area contributed by atoms with Crippen LogP contribution in [0.25, 0.3) is 10.9 Å². The van der Waals surface area contributed by atoms with Crippen LogP contribution >= 0.6 is 22.6 Å². The highest BCUT2D eigenvalue weighted by molar-refractivity contribution is 14.1. The van der Waals surface area contributed by atoms with E-state index in [1.165, 1.54) is 5.56 Å². The molecular weight excluding hydrogens is 287 g/mol. The summed E-state index contributed by atoms with van der Waals surface area (Å²) >= 11 is 2.24. The Labute approximate surface area is 96.7 Å². The normalized spacial score (nSPS) is 10.8. The molecule has 2 nitrogen and oxygen atoms in total. The molecule has 2 N–H and O–H groups in total. The second kappa shape index (κ2) is 3.38. The smallest absolute Gasteiger partial charge is 0.0726 e. The Kier molecular flexibility index (Phi) is 2.34. The summed E-state index contributed by atoms with van der Waals surface area (Å²) in [4.78, 5) is 4.49. The number of fused-ring (bicyclic) bond motifs is 1. The van der Waals surface area contributed by atoms with Crippen LogP contribution in [0, 0.1) is 17.4 Å². The maximum absolute atomic E-state index is 6.04. The van der Waals surface area contributed by atoms with Crippen LogP contribution in [0.2, 0.25) is 0 Å². The molecule has 2 rings (SSSR count). The van der Waals surface area contributed by atoms with E-state index in [0.29, 0.717) is 0 Å². The molecule has 0 amide bonds. The van der Waals surface area contributed by atoms with Crippen molar-refractivity contribution in [2.75, 3.05) is 5.73 Å². The highest BCUT2D eigenvalue weighted by Gasteiger charge is 2.06. The third-order valence-electron chi connectivity index (χ3n) is 2.28. The monoisotopic (exact) mass is 298 g/mol. The van der Waals surface area contributed by atoms with Crippen molar-refractivity contribution in [2.45, 2.75) is 13.8 Å². The van der Waals surface area contributed by atoms with E-state index in [1.807, 2.05) is 13.0 Å². The van der Waals surface area contributed by atoms with Crippen LogP contribution in [0.15, 0.2) is 18.2 Å². The van der Waals surface area contributed by atoms with Crippen molar-refractivity contribution in [1.82, 2.24) is 4.98 Å². The molecule has 0 radical (unpaired) electrons. The van der Waals surface area contributed by atoms with Gasteiger partial charge in [0.25, 0.3) is 0 Å². The molecule has 0 spiro atoms. The quantitative estimate of drug-likeness (QED) is 0.759. The number of anilines is 1. The van der Waals surface area contributed by atoms with E-state index in [-0.39, 0.29) is 0 Å². The van der Waals surface area contributed by atoms with Crippen LogP contribution < -0.4 is 5.73 Å². The highest BCUT2D eigenvalue weighted by Crippen LogP contribution is 2.27. The van der Waals surface area contributed by atoms with Crippen LogP contribution in [0.5, 0.6) is 0 Å². The predicted molar refractivity (Wildman–Crippen MR) is 68.3 cm³/mol. The summed E-state index contributed by atoms with van der Waals surface area (Å²) in [6.45, 7) is 4.04. The minimum absolute atomic E-state index is 0.844. The summed E-state index contributed by atoms with van der Waals surface area (Å²) in [6, 6.07) is 6.16. The second-order valence-electron chi connectivity index (χ2n) is 3.45. The second-order valence-corrected chi connectivity index (χ2v) is 4.52. The summed E-state index contributed by atoms with van der Waals surface area (Å²) in [6.07, 6.45) is 0. The maximum Gasteiger partial charge on any atom is 0.0726 e. The predicted octanol–water partition coefficient (Wildman–Crippen LogP) is 3.04. The van der Waals surface area contributed by atoms with Crippen molar-refractivity contribution in [1.29, 1.82) is 0 Å². The number of rotatable bonds is 0. The molecule has 0 bridgehead atoms. The van der Waals surface area contributed by atoms with E-state index in [2.05, 4.69) is 46.6 Å². The third kappa shape index (κ3) is 1.45. The van der Waals surface area contributed by atoms with Crippen molar-refractivity contribution in [3.05, 3.63) is 33.0 Å². The first-order valence-electron chi connectivity index (χ1n) is 4.41. The molecule has 3 heteroatoms. The average Bonchev–Trinajstić information content (AvgIpc) is 2.16. The number of halogens is 1. The molecule has 1 heterocycles. The van der Waals surface area contributed by atoms with Crippen molar-refractivity contribution < 1.29 is 0 Å². The Balaban J connectivity index is 2.92. The van der Waals surface area contributed by atoms with Crippen LogP contribution in [0.4, 0.5) is 5.69 Å². The molecule has 2 aromatic rings. The number of aromatic nitrogens is 1. The number of nitrogens with zero attached hydrogens (tertiary/aromatic N) is 1. The fourth-order valence-electron chi connectivity index (χ4n) is 1.51. The zero-order chi connectivity index (χ0) is 10.3. The SMILES string of the molecule is Cc1ccc2nc(C)c(I)c(N)c2c1. The molecule has 1 aromatic carbocycles. The lowest BCUT2D eigenvalue weighted by atomic mass is 10.1. The number of aryl methyl sites for hydroxylation is 2. The number of nitrogen functional groups attached to an aromatic ring is 1. The van der Waals surface area contributed by atoms with Crippen LogP contribution in [-0.4, -0.2) is 4.98 Å². The molecule has 0 atom stereocenters. The molecule has 0 aliphatic carbocycles. The molecule has 0 saturated heterocycles. The maximum atomic E-state index is 6.04. The summed E-state index contributed by atoms with van der Waals surface area (Å²) in [5, 5.41) is 1.06. The van der Waals surface area contributed by atoms with Gasteiger partial charge >= 0.3 is 0 Å². The topological polar surface area (TPSA) is 38.9 Å². The summed E-state index contributed by atoms with van der Waals surface area (Å²) in [5.41, 5.74) is 10.1. The number of hydrogen-bond acceptors (Lipinski definition) is 2. The van der Waals surface area contributed by atoms with Gasteiger partial charge in [-0.2, -0.15) is 0 Å². The van der Waals surface area contributed by atoms with Gasteiger partial charge < -0.3 is 5.73 Å². The lowest BCUT2D eigenvalue weighted by molar-refractivity contribution is 1.23. The van der Waals surface area contributed by atoms with Crippen LogP contribution in [-0.2, 0) is 0 Å². The Hall–Kier alpha value is -0.840. The van der Waals surface area contributed by atoms with E-state index in [0.717, 1.165) is 25.9 Å². The highest BCUT2D eigenvalue weighted by atomic mass is 127. The van der Waals surface area contributed by atoms with Crippen LogP contribution in [0.3, 0.4) is 0 Å².